The van der Waals surface area contributed by atoms with Crippen LogP contribution < -0.4 is 0 Å². The zero-order valence-corrected chi connectivity index (χ0v) is 8.48. The second-order valence-corrected chi connectivity index (χ2v) is 3.84. The number of hydrogen-bond acceptors (Lipinski definition) is 2. The highest BCUT2D eigenvalue weighted by atomic mass is 16.5. The third kappa shape index (κ3) is 2.34. The summed E-state index contributed by atoms with van der Waals surface area (Å²) in [6, 6.07) is 0. The normalized spacial score (nSPS) is 23.1. The number of allylic oxidation sites excluding steroid dienone is 4. The average molecular weight is 191 g/mol. The molecule has 0 amide bonds. The number of ether oxygens (including phenoxy) is 1. The lowest BCUT2D eigenvalue weighted by Gasteiger charge is -2.28. The van der Waals surface area contributed by atoms with Gasteiger partial charge in [-0.25, -0.2) is 0 Å². The van der Waals surface area contributed by atoms with Crippen molar-refractivity contribution in [2.45, 2.75) is 0 Å². The lowest BCUT2D eigenvalue weighted by Crippen LogP contribution is -2.37. The van der Waals surface area contributed by atoms with Gasteiger partial charge in [0.1, 0.15) is 0 Å². The highest BCUT2D eigenvalue weighted by Crippen LogP contribution is 2.18. The first-order valence-corrected chi connectivity index (χ1v) is 5.19. The molecule has 1 aliphatic carbocycles. The van der Waals surface area contributed by atoms with Crippen LogP contribution in [0.15, 0.2) is 36.5 Å². The van der Waals surface area contributed by atoms with Crippen LogP contribution in [-0.2, 0) is 4.74 Å². The Morgan fingerprint density at radius 2 is 1.93 bits per heavy atom. The molecule has 76 valence electrons. The summed E-state index contributed by atoms with van der Waals surface area (Å²) >= 11 is 0. The first kappa shape index (κ1) is 9.69. The van der Waals surface area contributed by atoms with Crippen LogP contribution in [0, 0.1) is 5.92 Å². The van der Waals surface area contributed by atoms with Gasteiger partial charge in [0.15, 0.2) is 0 Å². The van der Waals surface area contributed by atoms with E-state index in [1.807, 2.05) is 0 Å². The molecular formula is C12H17NO. The highest BCUT2D eigenvalue weighted by molar-refractivity contribution is 5.27. The molecule has 0 unspecified atom stereocenters. The van der Waals surface area contributed by atoms with E-state index >= 15 is 0 Å². The summed E-state index contributed by atoms with van der Waals surface area (Å²) in [5.41, 5.74) is 1.29. The van der Waals surface area contributed by atoms with Crippen molar-refractivity contribution in [3.63, 3.8) is 0 Å². The van der Waals surface area contributed by atoms with Crippen molar-refractivity contribution in [2.24, 2.45) is 5.92 Å². The average Bonchev–Trinajstić information content (AvgIpc) is 2.72. The van der Waals surface area contributed by atoms with Gasteiger partial charge in [-0.05, 0) is 0 Å². The quantitative estimate of drug-likeness (QED) is 0.628. The minimum absolute atomic E-state index is 0.456. The highest BCUT2D eigenvalue weighted by Gasteiger charge is 2.14. The number of rotatable bonds is 3. The molecule has 2 nitrogen and oxygen atoms in total. The van der Waals surface area contributed by atoms with Gasteiger partial charge < -0.3 is 4.74 Å². The van der Waals surface area contributed by atoms with E-state index in [9.17, 15) is 0 Å². The van der Waals surface area contributed by atoms with E-state index in [4.69, 9.17) is 4.74 Å². The van der Waals surface area contributed by atoms with Gasteiger partial charge in [0.2, 0.25) is 0 Å². The van der Waals surface area contributed by atoms with E-state index in [1.54, 1.807) is 0 Å². The molecule has 1 saturated heterocycles. The maximum atomic E-state index is 5.31. The van der Waals surface area contributed by atoms with Gasteiger partial charge >= 0.3 is 0 Å². The molecule has 0 radical (unpaired) electrons. The van der Waals surface area contributed by atoms with E-state index in [0.717, 1.165) is 32.8 Å². The van der Waals surface area contributed by atoms with E-state index < -0.39 is 0 Å². The van der Waals surface area contributed by atoms with Gasteiger partial charge in [-0.2, -0.15) is 0 Å². The maximum absolute atomic E-state index is 5.31. The fourth-order valence-corrected chi connectivity index (χ4v) is 1.86. The van der Waals surface area contributed by atoms with Crippen LogP contribution in [0.25, 0.3) is 0 Å². The topological polar surface area (TPSA) is 12.5 Å². The summed E-state index contributed by atoms with van der Waals surface area (Å²) in [5, 5.41) is 0. The SMILES string of the molecule is C=C(CN1CCOCC1)C1C=CC=C1. The smallest absolute Gasteiger partial charge is 0.0594 e. The third-order valence-electron chi connectivity index (χ3n) is 2.75. The van der Waals surface area contributed by atoms with Gasteiger partial charge in [0.05, 0.1) is 13.2 Å². The molecule has 0 aromatic rings. The summed E-state index contributed by atoms with van der Waals surface area (Å²) in [4.78, 5) is 2.41. The summed E-state index contributed by atoms with van der Waals surface area (Å²) in [7, 11) is 0. The van der Waals surface area contributed by atoms with Crippen molar-refractivity contribution in [3.05, 3.63) is 36.5 Å². The van der Waals surface area contributed by atoms with Crippen LogP contribution in [0.1, 0.15) is 0 Å². The van der Waals surface area contributed by atoms with Crippen LogP contribution in [0.4, 0.5) is 0 Å². The van der Waals surface area contributed by atoms with Crippen LogP contribution in [0.2, 0.25) is 0 Å². The Bertz CT molecular complexity index is 249. The van der Waals surface area contributed by atoms with Crippen LogP contribution >= 0.6 is 0 Å². The minimum atomic E-state index is 0.456. The van der Waals surface area contributed by atoms with Crippen molar-refractivity contribution in [2.75, 3.05) is 32.8 Å². The molecule has 1 aliphatic heterocycles. The second kappa shape index (κ2) is 4.58. The van der Waals surface area contributed by atoms with Gasteiger partial charge in [0, 0.05) is 25.6 Å². The Balaban J connectivity index is 1.81. The molecule has 2 rings (SSSR count). The van der Waals surface area contributed by atoms with Gasteiger partial charge in [-0.3, -0.25) is 4.90 Å². The van der Waals surface area contributed by atoms with Crippen molar-refractivity contribution >= 4 is 0 Å². The Labute approximate surface area is 85.5 Å². The monoisotopic (exact) mass is 191 g/mol. The lowest BCUT2D eigenvalue weighted by molar-refractivity contribution is 0.0418. The predicted molar refractivity (Wildman–Crippen MR) is 58.2 cm³/mol. The molecule has 2 heteroatoms. The van der Waals surface area contributed by atoms with Crippen molar-refractivity contribution < 1.29 is 4.74 Å². The van der Waals surface area contributed by atoms with E-state index in [2.05, 4.69) is 35.8 Å². The number of nitrogens with zero attached hydrogens (tertiary/aromatic N) is 1. The van der Waals surface area contributed by atoms with Gasteiger partial charge in [-0.15, -0.1) is 0 Å². The molecule has 2 aliphatic rings. The fraction of sp³-hybridized carbons (Fsp3) is 0.500. The molecule has 14 heavy (non-hydrogen) atoms. The van der Waals surface area contributed by atoms with E-state index in [0.29, 0.717) is 5.92 Å². The standard InChI is InChI=1S/C12H17NO/c1-11(12-4-2-3-5-12)10-13-6-8-14-9-7-13/h2-5,12H,1,6-10H2. The van der Waals surface area contributed by atoms with Crippen molar-refractivity contribution in [1.29, 1.82) is 0 Å². The molecule has 1 heterocycles. The molecule has 0 bridgehead atoms. The Hall–Kier alpha value is -0.860. The molecule has 0 atom stereocenters. The summed E-state index contributed by atoms with van der Waals surface area (Å²) < 4.78 is 5.31. The second-order valence-electron chi connectivity index (χ2n) is 3.84. The Morgan fingerprint density at radius 3 is 2.57 bits per heavy atom. The predicted octanol–water partition coefficient (Wildman–Crippen LogP) is 1.62. The van der Waals surface area contributed by atoms with Crippen LogP contribution in [0.3, 0.4) is 0 Å². The van der Waals surface area contributed by atoms with E-state index in [-0.39, 0.29) is 0 Å². The van der Waals surface area contributed by atoms with Crippen LogP contribution in [-0.4, -0.2) is 37.7 Å². The molecule has 0 N–H and O–H groups in total. The molecule has 1 fully saturated rings. The fourth-order valence-electron chi connectivity index (χ4n) is 1.86. The van der Waals surface area contributed by atoms with Crippen LogP contribution in [0.5, 0.6) is 0 Å². The molecule has 0 saturated carbocycles. The first-order chi connectivity index (χ1) is 6.86. The first-order valence-electron chi connectivity index (χ1n) is 5.19. The third-order valence-corrected chi connectivity index (χ3v) is 2.75. The number of morpholine rings is 1. The Morgan fingerprint density at radius 1 is 1.29 bits per heavy atom. The number of hydrogen-bond donors (Lipinski definition) is 0. The molecule has 0 aromatic carbocycles. The summed E-state index contributed by atoms with van der Waals surface area (Å²) in [6.45, 7) is 8.96. The molecule has 0 spiro atoms. The van der Waals surface area contributed by atoms with Crippen molar-refractivity contribution in [1.82, 2.24) is 4.90 Å². The van der Waals surface area contributed by atoms with Crippen molar-refractivity contribution in [3.8, 4) is 0 Å². The summed E-state index contributed by atoms with van der Waals surface area (Å²) in [6.07, 6.45) is 8.58. The van der Waals surface area contributed by atoms with Gasteiger partial charge in [0.25, 0.3) is 0 Å². The Kier molecular flexibility index (Phi) is 3.17. The zero-order valence-electron chi connectivity index (χ0n) is 8.48. The van der Waals surface area contributed by atoms with E-state index in [1.165, 1.54) is 5.57 Å². The largest absolute Gasteiger partial charge is 0.379 e. The minimum Gasteiger partial charge on any atom is -0.379 e. The molecular weight excluding hydrogens is 174 g/mol. The molecule has 0 aromatic heterocycles. The van der Waals surface area contributed by atoms with Gasteiger partial charge in [-0.1, -0.05) is 36.5 Å². The lowest BCUT2D eigenvalue weighted by atomic mass is 10.0. The maximum Gasteiger partial charge on any atom is 0.0594 e. The zero-order chi connectivity index (χ0) is 9.80. The summed E-state index contributed by atoms with van der Waals surface area (Å²) in [5.74, 6) is 0.456.